The molecule has 0 radical (unpaired) electrons. The van der Waals surface area contributed by atoms with E-state index in [1.165, 1.54) is 12.3 Å². The molecular weight excluding hydrogens is 270 g/mol. The summed E-state index contributed by atoms with van der Waals surface area (Å²) >= 11 is 7.51. The van der Waals surface area contributed by atoms with E-state index in [-0.39, 0.29) is 17.8 Å². The van der Waals surface area contributed by atoms with Gasteiger partial charge >= 0.3 is 0 Å². The summed E-state index contributed by atoms with van der Waals surface area (Å²) in [5.74, 6) is 0.0170. The third kappa shape index (κ3) is 2.80. The minimum atomic E-state index is -0.255. The summed E-state index contributed by atoms with van der Waals surface area (Å²) in [5, 5.41) is 5.13. The molecule has 3 N–H and O–H groups in total. The minimum Gasteiger partial charge on any atom is -0.384 e. The van der Waals surface area contributed by atoms with E-state index < -0.39 is 0 Å². The molecule has 2 aromatic rings. The Bertz CT molecular complexity index is 556. The van der Waals surface area contributed by atoms with Gasteiger partial charge in [0.2, 0.25) is 0 Å². The zero-order valence-electron chi connectivity index (χ0n) is 9.68. The fourth-order valence-corrected chi connectivity index (χ4v) is 2.44. The Labute approximate surface area is 114 Å². The van der Waals surface area contributed by atoms with Gasteiger partial charge in [-0.05, 0) is 24.4 Å². The third-order valence-corrected chi connectivity index (χ3v) is 3.79. The molecule has 0 aliphatic rings. The van der Waals surface area contributed by atoms with Crippen LogP contribution in [0.15, 0.2) is 29.8 Å². The van der Waals surface area contributed by atoms with Crippen LogP contribution in [0.25, 0.3) is 0 Å². The van der Waals surface area contributed by atoms with Crippen LogP contribution in [0.4, 0.5) is 5.82 Å². The molecule has 2 heterocycles. The van der Waals surface area contributed by atoms with E-state index >= 15 is 0 Å². The van der Waals surface area contributed by atoms with Crippen molar-refractivity contribution in [2.24, 2.45) is 0 Å². The number of hydrogen-bond donors (Lipinski definition) is 2. The second-order valence-corrected chi connectivity index (χ2v) is 5.19. The number of anilines is 1. The average molecular weight is 282 g/mol. The van der Waals surface area contributed by atoms with Gasteiger partial charge in [-0.25, -0.2) is 4.98 Å². The highest BCUT2D eigenvalue weighted by atomic mass is 35.5. The standard InChI is InChI=1S/C12H12ClN3OS/c1-7(10-3-2-4-18-10)16-12(17)8-5-11(14)15-6-9(8)13/h2-7H,1H3,(H2,14,15)(H,16,17). The van der Waals surface area contributed by atoms with Crippen molar-refractivity contribution in [1.82, 2.24) is 10.3 Å². The summed E-state index contributed by atoms with van der Waals surface area (Å²) in [5.41, 5.74) is 5.88. The van der Waals surface area contributed by atoms with Crippen molar-refractivity contribution in [1.29, 1.82) is 0 Å². The number of pyridine rings is 1. The number of aromatic nitrogens is 1. The van der Waals surface area contributed by atoms with Gasteiger partial charge in [0.1, 0.15) is 5.82 Å². The molecule has 0 saturated heterocycles. The Morgan fingerprint density at radius 3 is 3.06 bits per heavy atom. The van der Waals surface area contributed by atoms with Gasteiger partial charge in [0.15, 0.2) is 0 Å². The van der Waals surface area contributed by atoms with Crippen molar-refractivity contribution in [2.45, 2.75) is 13.0 Å². The molecule has 4 nitrogen and oxygen atoms in total. The Morgan fingerprint density at radius 2 is 2.39 bits per heavy atom. The summed E-state index contributed by atoms with van der Waals surface area (Å²) in [6.07, 6.45) is 1.38. The number of nitrogens with two attached hydrogens (primary N) is 1. The van der Waals surface area contributed by atoms with Gasteiger partial charge in [0.05, 0.1) is 16.6 Å². The number of carbonyl (C=O) groups excluding carboxylic acids is 1. The van der Waals surface area contributed by atoms with E-state index in [2.05, 4.69) is 10.3 Å². The average Bonchev–Trinajstić information content (AvgIpc) is 2.85. The lowest BCUT2D eigenvalue weighted by molar-refractivity contribution is 0.0940. The first-order valence-electron chi connectivity index (χ1n) is 5.33. The molecule has 0 spiro atoms. The Balaban J connectivity index is 2.15. The first-order valence-corrected chi connectivity index (χ1v) is 6.59. The van der Waals surface area contributed by atoms with Crippen molar-refractivity contribution in [3.8, 4) is 0 Å². The van der Waals surface area contributed by atoms with Crippen LogP contribution in [0, 0.1) is 0 Å². The molecule has 0 saturated carbocycles. The number of nitrogens with zero attached hydrogens (tertiary/aromatic N) is 1. The number of amides is 1. The van der Waals surface area contributed by atoms with Crippen LogP contribution in [-0.4, -0.2) is 10.9 Å². The molecule has 0 aliphatic carbocycles. The third-order valence-electron chi connectivity index (χ3n) is 2.44. The van der Waals surface area contributed by atoms with Crippen molar-refractivity contribution < 1.29 is 4.79 Å². The first kappa shape index (κ1) is 12.9. The quantitative estimate of drug-likeness (QED) is 0.909. The van der Waals surface area contributed by atoms with Crippen LogP contribution in [0.2, 0.25) is 5.02 Å². The number of thiophene rings is 1. The number of rotatable bonds is 3. The zero-order valence-corrected chi connectivity index (χ0v) is 11.3. The van der Waals surface area contributed by atoms with Crippen molar-refractivity contribution in [3.05, 3.63) is 45.2 Å². The number of halogens is 1. The number of carbonyl (C=O) groups is 1. The number of nitrogen functional groups attached to an aromatic ring is 1. The minimum absolute atomic E-state index is 0.0667. The molecule has 1 amide bonds. The highest BCUT2D eigenvalue weighted by Gasteiger charge is 2.15. The fraction of sp³-hybridized carbons (Fsp3) is 0.167. The molecule has 1 unspecified atom stereocenters. The topological polar surface area (TPSA) is 68.0 Å². The second-order valence-electron chi connectivity index (χ2n) is 3.80. The van der Waals surface area contributed by atoms with E-state index in [0.717, 1.165) is 4.88 Å². The van der Waals surface area contributed by atoms with Crippen molar-refractivity contribution in [3.63, 3.8) is 0 Å². The van der Waals surface area contributed by atoms with Crippen molar-refractivity contribution >= 4 is 34.7 Å². The van der Waals surface area contributed by atoms with Crippen LogP contribution in [0.5, 0.6) is 0 Å². The summed E-state index contributed by atoms with van der Waals surface area (Å²) in [6.45, 7) is 1.92. The molecule has 0 aliphatic heterocycles. The van der Waals surface area contributed by atoms with E-state index in [1.807, 2.05) is 24.4 Å². The van der Waals surface area contributed by atoms with Crippen LogP contribution < -0.4 is 11.1 Å². The van der Waals surface area contributed by atoms with E-state index in [4.69, 9.17) is 17.3 Å². The Kier molecular flexibility index (Phi) is 3.84. The predicted octanol–water partition coefficient (Wildman–Crippen LogP) is 2.87. The van der Waals surface area contributed by atoms with Crippen molar-refractivity contribution in [2.75, 3.05) is 5.73 Å². The molecule has 94 valence electrons. The smallest absolute Gasteiger partial charge is 0.253 e. The molecule has 2 rings (SSSR count). The largest absolute Gasteiger partial charge is 0.384 e. The first-order chi connectivity index (χ1) is 8.58. The van der Waals surface area contributed by atoms with Crippen LogP contribution in [0.3, 0.4) is 0 Å². The van der Waals surface area contributed by atoms with Crippen LogP contribution in [0.1, 0.15) is 28.2 Å². The van der Waals surface area contributed by atoms with E-state index in [0.29, 0.717) is 10.6 Å². The molecule has 2 aromatic heterocycles. The molecule has 18 heavy (non-hydrogen) atoms. The van der Waals surface area contributed by atoms with E-state index in [1.54, 1.807) is 11.3 Å². The lowest BCUT2D eigenvalue weighted by atomic mass is 10.2. The summed E-state index contributed by atoms with van der Waals surface area (Å²) < 4.78 is 0. The van der Waals surface area contributed by atoms with Gasteiger partial charge in [-0.15, -0.1) is 11.3 Å². The predicted molar refractivity (Wildman–Crippen MR) is 73.9 cm³/mol. The second kappa shape index (κ2) is 5.37. The van der Waals surface area contributed by atoms with Gasteiger partial charge in [-0.1, -0.05) is 17.7 Å². The highest BCUT2D eigenvalue weighted by Crippen LogP contribution is 2.21. The normalized spacial score (nSPS) is 12.1. The van der Waals surface area contributed by atoms with Gasteiger partial charge in [0, 0.05) is 11.1 Å². The van der Waals surface area contributed by atoms with Crippen LogP contribution >= 0.6 is 22.9 Å². The Morgan fingerprint density at radius 1 is 1.61 bits per heavy atom. The molecule has 6 heteroatoms. The maximum absolute atomic E-state index is 12.0. The summed E-state index contributed by atoms with van der Waals surface area (Å²) in [4.78, 5) is 17.0. The monoisotopic (exact) mass is 281 g/mol. The number of nitrogens with one attached hydrogen (secondary N) is 1. The van der Waals surface area contributed by atoms with Gasteiger partial charge in [-0.3, -0.25) is 4.79 Å². The SMILES string of the molecule is CC(NC(=O)c1cc(N)ncc1Cl)c1cccs1. The zero-order chi connectivity index (χ0) is 13.1. The summed E-state index contributed by atoms with van der Waals surface area (Å²) in [7, 11) is 0. The maximum atomic E-state index is 12.0. The Hall–Kier alpha value is -1.59. The van der Waals surface area contributed by atoms with Crippen LogP contribution in [-0.2, 0) is 0 Å². The maximum Gasteiger partial charge on any atom is 0.253 e. The highest BCUT2D eigenvalue weighted by molar-refractivity contribution is 7.10. The van der Waals surface area contributed by atoms with Gasteiger partial charge < -0.3 is 11.1 Å². The fourth-order valence-electron chi connectivity index (χ4n) is 1.51. The molecule has 1 atom stereocenters. The molecule has 0 aromatic carbocycles. The van der Waals surface area contributed by atoms with E-state index in [9.17, 15) is 4.79 Å². The molecule has 0 fully saturated rings. The lowest BCUT2D eigenvalue weighted by Gasteiger charge is -2.13. The molecular formula is C12H12ClN3OS. The lowest BCUT2D eigenvalue weighted by Crippen LogP contribution is -2.26. The summed E-state index contributed by atoms with van der Waals surface area (Å²) in [6, 6.07) is 5.32. The van der Waals surface area contributed by atoms with Gasteiger partial charge in [-0.2, -0.15) is 0 Å². The van der Waals surface area contributed by atoms with Gasteiger partial charge in [0.25, 0.3) is 5.91 Å². The molecule has 0 bridgehead atoms. The number of hydrogen-bond acceptors (Lipinski definition) is 4.